The van der Waals surface area contributed by atoms with Crippen molar-refractivity contribution in [2.75, 3.05) is 31.1 Å². The maximum absolute atomic E-state index is 13.6. The van der Waals surface area contributed by atoms with E-state index in [2.05, 4.69) is 29.7 Å². The summed E-state index contributed by atoms with van der Waals surface area (Å²) in [4.78, 5) is 4.94. The van der Waals surface area contributed by atoms with Crippen LogP contribution in [0.15, 0.2) is 47.4 Å². The van der Waals surface area contributed by atoms with Gasteiger partial charge in [0, 0.05) is 37.9 Å². The summed E-state index contributed by atoms with van der Waals surface area (Å²) in [5, 5.41) is 0. The van der Waals surface area contributed by atoms with E-state index in [-0.39, 0.29) is 4.90 Å². The Morgan fingerprint density at radius 1 is 1.03 bits per heavy atom. The van der Waals surface area contributed by atoms with Gasteiger partial charge in [0.1, 0.15) is 5.82 Å². The molecule has 0 unspecified atom stereocenters. The Hall–Kier alpha value is -1.96. The predicted octanol–water partition coefficient (Wildman–Crippen LogP) is 3.84. The van der Waals surface area contributed by atoms with E-state index in [0.717, 1.165) is 61.9 Å². The van der Waals surface area contributed by atoms with E-state index < -0.39 is 15.8 Å². The number of piperidine rings is 1. The third-order valence-corrected chi connectivity index (χ3v) is 8.28. The second kappa shape index (κ2) is 8.65. The Balaban J connectivity index is 1.52. The van der Waals surface area contributed by atoms with Crippen molar-refractivity contribution in [2.24, 2.45) is 0 Å². The van der Waals surface area contributed by atoms with E-state index >= 15 is 0 Å². The Labute approximate surface area is 179 Å². The molecular weight excluding hydrogens is 401 g/mol. The Morgan fingerprint density at radius 3 is 2.40 bits per heavy atom. The van der Waals surface area contributed by atoms with Crippen molar-refractivity contribution >= 4 is 15.7 Å². The third-order valence-electron chi connectivity index (χ3n) is 6.50. The summed E-state index contributed by atoms with van der Waals surface area (Å²) < 4.78 is 41.2. The zero-order valence-corrected chi connectivity index (χ0v) is 18.5. The van der Waals surface area contributed by atoms with Gasteiger partial charge in [0.2, 0.25) is 10.0 Å². The molecule has 2 aliphatic rings. The zero-order chi connectivity index (χ0) is 21.3. The average Bonchev–Trinajstić information content (AvgIpc) is 3.20. The summed E-state index contributed by atoms with van der Waals surface area (Å²) in [6.07, 6.45) is 2.24. The lowest BCUT2D eigenvalue weighted by atomic mass is 10.0. The van der Waals surface area contributed by atoms with E-state index in [0.29, 0.717) is 19.1 Å². The van der Waals surface area contributed by atoms with Crippen LogP contribution in [0.3, 0.4) is 0 Å². The highest BCUT2D eigenvalue weighted by molar-refractivity contribution is 7.89. The quantitative estimate of drug-likeness (QED) is 0.697. The van der Waals surface area contributed by atoms with E-state index in [1.165, 1.54) is 22.5 Å². The molecule has 30 heavy (non-hydrogen) atoms. The molecule has 0 bridgehead atoms. The first-order valence-corrected chi connectivity index (χ1v) is 12.2. The van der Waals surface area contributed by atoms with Gasteiger partial charge in [0.15, 0.2) is 0 Å². The molecule has 1 fully saturated rings. The fraction of sp³-hybridized carbons (Fsp3) is 0.478. The molecule has 0 atom stereocenters. The van der Waals surface area contributed by atoms with Crippen LogP contribution in [0, 0.1) is 5.82 Å². The summed E-state index contributed by atoms with van der Waals surface area (Å²) in [6, 6.07) is 12.0. The zero-order valence-electron chi connectivity index (χ0n) is 17.7. The van der Waals surface area contributed by atoms with Gasteiger partial charge in [0.25, 0.3) is 0 Å². The molecule has 0 radical (unpaired) electrons. The Morgan fingerprint density at radius 2 is 1.73 bits per heavy atom. The van der Waals surface area contributed by atoms with Gasteiger partial charge in [0.05, 0.1) is 4.90 Å². The first kappa shape index (κ1) is 21.3. The summed E-state index contributed by atoms with van der Waals surface area (Å²) >= 11 is 0. The first-order valence-electron chi connectivity index (χ1n) is 10.8. The molecule has 0 amide bonds. The van der Waals surface area contributed by atoms with Crippen molar-refractivity contribution in [1.29, 1.82) is 0 Å². The molecular formula is C23H30FN3O2S. The number of halogens is 1. The van der Waals surface area contributed by atoms with Gasteiger partial charge < -0.3 is 9.80 Å². The SMILES string of the molecule is CCN(CC)C1CCN(c2cccc3c2CN(S(=O)(=O)c2cccc(F)c2)C3)CC1. The number of fused-ring (bicyclic) bond motifs is 1. The molecule has 2 aromatic rings. The average molecular weight is 432 g/mol. The van der Waals surface area contributed by atoms with Crippen LogP contribution in [0.1, 0.15) is 37.8 Å². The molecule has 2 aliphatic heterocycles. The normalized spacial score (nSPS) is 18.2. The summed E-state index contributed by atoms with van der Waals surface area (Å²) in [7, 11) is -3.74. The third kappa shape index (κ3) is 3.98. The molecule has 0 N–H and O–H groups in total. The number of hydrogen-bond acceptors (Lipinski definition) is 4. The Kier molecular flexibility index (Phi) is 6.14. The molecule has 0 aromatic heterocycles. The van der Waals surface area contributed by atoms with Crippen molar-refractivity contribution in [1.82, 2.24) is 9.21 Å². The van der Waals surface area contributed by atoms with Crippen LogP contribution < -0.4 is 4.90 Å². The molecule has 162 valence electrons. The minimum absolute atomic E-state index is 0.0110. The lowest BCUT2D eigenvalue weighted by molar-refractivity contribution is 0.186. The smallest absolute Gasteiger partial charge is 0.243 e. The maximum Gasteiger partial charge on any atom is 0.243 e. The molecule has 0 spiro atoms. The Bertz CT molecular complexity index is 999. The summed E-state index contributed by atoms with van der Waals surface area (Å²) in [6.45, 7) is 9.21. The number of benzene rings is 2. The summed E-state index contributed by atoms with van der Waals surface area (Å²) in [5.74, 6) is -0.537. The van der Waals surface area contributed by atoms with Crippen LogP contribution >= 0.6 is 0 Å². The number of sulfonamides is 1. The van der Waals surface area contributed by atoms with Crippen LogP contribution in [0.5, 0.6) is 0 Å². The molecule has 5 nitrogen and oxygen atoms in total. The standard InChI is InChI=1S/C23H30FN3O2S/c1-3-25(4-2)20-11-13-26(14-12-20)23-10-5-7-18-16-27(17-22(18)23)30(28,29)21-9-6-8-19(24)15-21/h5-10,15,20H,3-4,11-14,16-17H2,1-2H3. The van der Waals surface area contributed by atoms with Gasteiger partial charge in [-0.05, 0) is 61.3 Å². The van der Waals surface area contributed by atoms with Gasteiger partial charge in [-0.3, -0.25) is 0 Å². The fourth-order valence-electron chi connectivity index (χ4n) is 4.83. The highest BCUT2D eigenvalue weighted by atomic mass is 32.2. The lowest BCUT2D eigenvalue weighted by Gasteiger charge is -2.39. The number of rotatable bonds is 6. The van der Waals surface area contributed by atoms with Gasteiger partial charge in [-0.25, -0.2) is 12.8 Å². The second-order valence-electron chi connectivity index (χ2n) is 8.08. The molecule has 2 aromatic carbocycles. The van der Waals surface area contributed by atoms with Crippen molar-refractivity contribution in [3.05, 3.63) is 59.4 Å². The monoisotopic (exact) mass is 431 g/mol. The van der Waals surface area contributed by atoms with Gasteiger partial charge >= 0.3 is 0 Å². The lowest BCUT2D eigenvalue weighted by Crippen LogP contribution is -2.45. The van der Waals surface area contributed by atoms with Crippen LogP contribution in [0.4, 0.5) is 10.1 Å². The maximum atomic E-state index is 13.6. The molecule has 2 heterocycles. The second-order valence-corrected chi connectivity index (χ2v) is 10.0. The molecule has 1 saturated heterocycles. The molecule has 4 rings (SSSR count). The van der Waals surface area contributed by atoms with Gasteiger partial charge in [-0.2, -0.15) is 4.31 Å². The number of hydrogen-bond donors (Lipinski definition) is 0. The van der Waals surface area contributed by atoms with Crippen LogP contribution in [-0.4, -0.2) is 49.8 Å². The van der Waals surface area contributed by atoms with Crippen LogP contribution in [0.25, 0.3) is 0 Å². The van der Waals surface area contributed by atoms with Gasteiger partial charge in [-0.15, -0.1) is 0 Å². The number of nitrogens with zero attached hydrogens (tertiary/aromatic N) is 3. The van der Waals surface area contributed by atoms with E-state index in [1.54, 1.807) is 0 Å². The van der Waals surface area contributed by atoms with Crippen molar-refractivity contribution < 1.29 is 12.8 Å². The highest BCUT2D eigenvalue weighted by Crippen LogP contribution is 2.36. The molecule has 0 aliphatic carbocycles. The van der Waals surface area contributed by atoms with Crippen molar-refractivity contribution in [3.63, 3.8) is 0 Å². The number of anilines is 1. The molecule has 0 saturated carbocycles. The predicted molar refractivity (Wildman–Crippen MR) is 117 cm³/mol. The topological polar surface area (TPSA) is 43.9 Å². The first-order chi connectivity index (χ1) is 14.4. The largest absolute Gasteiger partial charge is 0.371 e. The highest BCUT2D eigenvalue weighted by Gasteiger charge is 2.33. The van der Waals surface area contributed by atoms with E-state index in [1.807, 2.05) is 12.1 Å². The molecule has 7 heteroatoms. The van der Waals surface area contributed by atoms with Crippen LogP contribution in [0.2, 0.25) is 0 Å². The minimum Gasteiger partial charge on any atom is -0.371 e. The minimum atomic E-state index is -3.74. The fourth-order valence-corrected chi connectivity index (χ4v) is 6.25. The van der Waals surface area contributed by atoms with Crippen molar-refractivity contribution in [2.45, 2.75) is 50.7 Å². The van der Waals surface area contributed by atoms with E-state index in [9.17, 15) is 12.8 Å². The van der Waals surface area contributed by atoms with Crippen LogP contribution in [-0.2, 0) is 23.1 Å². The summed E-state index contributed by atoms with van der Waals surface area (Å²) in [5.41, 5.74) is 3.26. The van der Waals surface area contributed by atoms with Gasteiger partial charge in [-0.1, -0.05) is 32.0 Å². The van der Waals surface area contributed by atoms with E-state index in [4.69, 9.17) is 0 Å². The van der Waals surface area contributed by atoms with Crippen molar-refractivity contribution in [3.8, 4) is 0 Å².